The van der Waals surface area contributed by atoms with Crippen molar-refractivity contribution in [2.45, 2.75) is 18.9 Å². The van der Waals surface area contributed by atoms with Crippen LogP contribution in [-0.4, -0.2) is 23.6 Å². The summed E-state index contributed by atoms with van der Waals surface area (Å²) in [6, 6.07) is 1.78. The summed E-state index contributed by atoms with van der Waals surface area (Å²) in [4.78, 5) is 4.11. The van der Waals surface area contributed by atoms with Gasteiger partial charge in [-0.05, 0) is 25.5 Å². The molecule has 0 saturated heterocycles. The van der Waals surface area contributed by atoms with E-state index in [9.17, 15) is 8.42 Å². The van der Waals surface area contributed by atoms with Crippen LogP contribution in [0.1, 0.15) is 11.3 Å². The average Bonchev–Trinajstić information content (AvgIpc) is 2.45. The fraction of sp³-hybridized carbons (Fsp3) is 0.250. The number of aryl methyl sites for hydroxylation is 2. The van der Waals surface area contributed by atoms with E-state index in [0.29, 0.717) is 11.0 Å². The maximum absolute atomic E-state index is 11.2. The smallest absolute Gasteiger partial charge is 0.264 e. The minimum absolute atomic E-state index is 0.0934. The van der Waals surface area contributed by atoms with Crippen molar-refractivity contribution in [3.8, 4) is 0 Å². The van der Waals surface area contributed by atoms with E-state index in [2.05, 4.69) is 15.2 Å². The maximum Gasteiger partial charge on any atom is 0.278 e. The lowest BCUT2D eigenvalue weighted by Gasteiger charge is -1.98. The van der Waals surface area contributed by atoms with Crippen LogP contribution in [0.2, 0.25) is 0 Å². The molecule has 2 aromatic heterocycles. The molecule has 0 saturated carbocycles. The van der Waals surface area contributed by atoms with Crippen LogP contribution in [0, 0.1) is 13.8 Å². The van der Waals surface area contributed by atoms with Crippen molar-refractivity contribution in [2.24, 2.45) is 0 Å². The van der Waals surface area contributed by atoms with E-state index in [1.54, 1.807) is 13.0 Å². The van der Waals surface area contributed by atoms with Gasteiger partial charge in [0.25, 0.3) is 9.05 Å². The van der Waals surface area contributed by atoms with Gasteiger partial charge in [0.2, 0.25) is 0 Å². The van der Waals surface area contributed by atoms with E-state index >= 15 is 0 Å². The number of aromatic nitrogens is 3. The van der Waals surface area contributed by atoms with Gasteiger partial charge in [-0.15, -0.1) is 0 Å². The molecule has 5 nitrogen and oxygen atoms in total. The van der Waals surface area contributed by atoms with Crippen molar-refractivity contribution in [1.82, 2.24) is 15.2 Å². The van der Waals surface area contributed by atoms with E-state index in [1.807, 2.05) is 6.92 Å². The highest BCUT2D eigenvalue weighted by Gasteiger charge is 2.19. The number of H-pyrrole nitrogens is 1. The molecule has 80 valence electrons. The molecular formula is C8H8ClN3O2S. The number of aromatic amines is 1. The fourth-order valence-corrected chi connectivity index (χ4v) is 2.50. The first-order valence-electron chi connectivity index (χ1n) is 4.16. The molecule has 0 aliphatic heterocycles. The number of hydrogen-bond acceptors (Lipinski definition) is 4. The van der Waals surface area contributed by atoms with E-state index in [1.165, 1.54) is 0 Å². The molecule has 0 spiro atoms. The highest BCUT2D eigenvalue weighted by molar-refractivity contribution is 8.13. The van der Waals surface area contributed by atoms with Gasteiger partial charge in [-0.3, -0.25) is 5.10 Å². The lowest BCUT2D eigenvalue weighted by atomic mass is 10.2. The number of fused-ring (bicyclic) bond motifs is 1. The van der Waals surface area contributed by atoms with E-state index in [0.717, 1.165) is 11.3 Å². The van der Waals surface area contributed by atoms with Gasteiger partial charge in [0.15, 0.2) is 10.7 Å². The maximum atomic E-state index is 11.2. The summed E-state index contributed by atoms with van der Waals surface area (Å²) in [7, 11) is 1.46. The van der Waals surface area contributed by atoms with Gasteiger partial charge in [-0.25, -0.2) is 13.4 Å². The number of hydrogen-bond donors (Lipinski definition) is 1. The highest BCUT2D eigenvalue weighted by Crippen LogP contribution is 2.25. The summed E-state index contributed by atoms with van der Waals surface area (Å²) in [5.41, 5.74) is 1.93. The molecule has 0 aliphatic rings. The number of rotatable bonds is 1. The zero-order valence-electron chi connectivity index (χ0n) is 8.07. The molecule has 2 aromatic rings. The topological polar surface area (TPSA) is 75.7 Å². The SMILES string of the molecule is Cc1cc(C)c2c(S(=O)(=O)Cl)[nH]nc2n1. The Morgan fingerprint density at radius 1 is 1.40 bits per heavy atom. The average molecular weight is 246 g/mol. The minimum atomic E-state index is -3.81. The Kier molecular flexibility index (Phi) is 2.20. The lowest BCUT2D eigenvalue weighted by Crippen LogP contribution is -1.93. The van der Waals surface area contributed by atoms with Crippen molar-refractivity contribution >= 4 is 30.8 Å². The van der Waals surface area contributed by atoms with Gasteiger partial charge in [0.05, 0.1) is 5.39 Å². The first-order chi connectivity index (χ1) is 6.89. The molecule has 0 unspecified atom stereocenters. The number of halogens is 1. The lowest BCUT2D eigenvalue weighted by molar-refractivity contribution is 0.606. The molecule has 0 aliphatic carbocycles. The van der Waals surface area contributed by atoms with Gasteiger partial charge in [-0.2, -0.15) is 5.10 Å². The number of pyridine rings is 1. The van der Waals surface area contributed by atoms with Crippen LogP contribution in [0.3, 0.4) is 0 Å². The normalized spacial score (nSPS) is 12.2. The minimum Gasteiger partial charge on any atom is -0.264 e. The Balaban J connectivity index is 2.93. The van der Waals surface area contributed by atoms with Crippen LogP contribution in [-0.2, 0) is 9.05 Å². The van der Waals surface area contributed by atoms with Crippen molar-refractivity contribution < 1.29 is 8.42 Å². The first kappa shape index (κ1) is 10.4. The molecule has 2 rings (SSSR count). The highest BCUT2D eigenvalue weighted by atomic mass is 35.7. The van der Waals surface area contributed by atoms with E-state index < -0.39 is 9.05 Å². The van der Waals surface area contributed by atoms with Crippen molar-refractivity contribution in [3.05, 3.63) is 17.3 Å². The summed E-state index contributed by atoms with van der Waals surface area (Å²) in [5, 5.41) is 6.56. The second-order valence-corrected chi connectivity index (χ2v) is 5.77. The predicted octanol–water partition coefficient (Wildman–Crippen LogP) is 1.50. The van der Waals surface area contributed by atoms with Gasteiger partial charge in [-0.1, -0.05) is 0 Å². The summed E-state index contributed by atoms with van der Waals surface area (Å²) in [6.07, 6.45) is 0. The Morgan fingerprint density at radius 3 is 2.67 bits per heavy atom. The van der Waals surface area contributed by atoms with Gasteiger partial charge < -0.3 is 0 Å². The second kappa shape index (κ2) is 3.18. The summed E-state index contributed by atoms with van der Waals surface area (Å²) >= 11 is 0. The van der Waals surface area contributed by atoms with Crippen LogP contribution in [0.25, 0.3) is 11.0 Å². The summed E-state index contributed by atoms with van der Waals surface area (Å²) in [6.45, 7) is 3.61. The molecule has 0 amide bonds. The van der Waals surface area contributed by atoms with Crippen LogP contribution < -0.4 is 0 Å². The number of nitrogens with one attached hydrogen (secondary N) is 1. The molecule has 0 aromatic carbocycles. The third kappa shape index (κ3) is 1.70. The van der Waals surface area contributed by atoms with E-state index in [-0.39, 0.29) is 5.03 Å². The zero-order chi connectivity index (χ0) is 11.2. The Hall–Kier alpha value is -1.14. The second-order valence-electron chi connectivity index (χ2n) is 3.27. The molecule has 0 bridgehead atoms. The van der Waals surface area contributed by atoms with Gasteiger partial charge >= 0.3 is 0 Å². The third-order valence-electron chi connectivity index (χ3n) is 2.06. The summed E-state index contributed by atoms with van der Waals surface area (Å²) in [5.74, 6) is 0. The summed E-state index contributed by atoms with van der Waals surface area (Å²) < 4.78 is 22.4. The van der Waals surface area contributed by atoms with Crippen molar-refractivity contribution in [1.29, 1.82) is 0 Å². The molecule has 15 heavy (non-hydrogen) atoms. The Labute approximate surface area is 90.9 Å². The molecular weight excluding hydrogens is 238 g/mol. The fourth-order valence-electron chi connectivity index (χ4n) is 1.51. The molecule has 2 heterocycles. The molecule has 0 fully saturated rings. The van der Waals surface area contributed by atoms with E-state index in [4.69, 9.17) is 10.7 Å². The molecule has 7 heteroatoms. The first-order valence-corrected chi connectivity index (χ1v) is 6.47. The van der Waals surface area contributed by atoms with Crippen LogP contribution in [0.5, 0.6) is 0 Å². The van der Waals surface area contributed by atoms with Crippen LogP contribution >= 0.6 is 10.7 Å². The molecule has 0 atom stereocenters. The van der Waals surface area contributed by atoms with Gasteiger partial charge in [0.1, 0.15) is 0 Å². The van der Waals surface area contributed by atoms with Gasteiger partial charge in [0, 0.05) is 16.4 Å². The largest absolute Gasteiger partial charge is 0.278 e. The van der Waals surface area contributed by atoms with Crippen LogP contribution in [0.4, 0.5) is 0 Å². The third-order valence-corrected chi connectivity index (χ3v) is 3.31. The monoisotopic (exact) mass is 245 g/mol. The quantitative estimate of drug-likeness (QED) is 0.773. The molecule has 0 radical (unpaired) electrons. The van der Waals surface area contributed by atoms with Crippen LogP contribution in [0.15, 0.2) is 11.1 Å². The Bertz CT molecular complexity index is 633. The standard InChI is InChI=1S/C8H8ClN3O2S/c1-4-3-5(2)10-7-6(4)8(12-11-7)15(9,13)14/h3H,1-2H3,(H,10,11,12). The van der Waals surface area contributed by atoms with Crippen molar-refractivity contribution in [3.63, 3.8) is 0 Å². The number of nitrogens with zero attached hydrogens (tertiary/aromatic N) is 2. The van der Waals surface area contributed by atoms with Crippen molar-refractivity contribution in [2.75, 3.05) is 0 Å². The Morgan fingerprint density at radius 2 is 2.07 bits per heavy atom. The predicted molar refractivity (Wildman–Crippen MR) is 56.4 cm³/mol. The zero-order valence-corrected chi connectivity index (χ0v) is 9.65. The molecule has 1 N–H and O–H groups in total.